The fourth-order valence-corrected chi connectivity index (χ4v) is 2.51. The molecule has 0 atom stereocenters. The Morgan fingerprint density at radius 2 is 1.77 bits per heavy atom. The summed E-state index contributed by atoms with van der Waals surface area (Å²) >= 11 is 0. The van der Waals surface area contributed by atoms with Crippen molar-refractivity contribution in [2.75, 3.05) is 26.2 Å². The molecular weight excluding hydrogens is 284 g/mol. The van der Waals surface area contributed by atoms with Crippen molar-refractivity contribution in [1.82, 2.24) is 20.0 Å². The average molecular weight is 302 g/mol. The van der Waals surface area contributed by atoms with Crippen molar-refractivity contribution in [2.45, 2.75) is 13.8 Å². The van der Waals surface area contributed by atoms with Crippen LogP contribution in [0.4, 0.5) is 0 Å². The number of piperazine rings is 1. The van der Waals surface area contributed by atoms with Gasteiger partial charge in [0.2, 0.25) is 0 Å². The molecule has 0 radical (unpaired) electrons. The molecule has 2 aromatic rings. The largest absolute Gasteiger partial charge is 0.459 e. The van der Waals surface area contributed by atoms with Crippen LogP contribution in [-0.4, -0.2) is 58.0 Å². The second-order valence-corrected chi connectivity index (χ2v) is 5.38. The summed E-state index contributed by atoms with van der Waals surface area (Å²) in [6.45, 7) is 5.75. The average Bonchev–Trinajstić information content (AvgIpc) is 3.18. The third-order valence-electron chi connectivity index (χ3n) is 4.04. The minimum atomic E-state index is -0.135. The lowest BCUT2D eigenvalue weighted by molar-refractivity contribution is 0.0515. The molecule has 2 aromatic heterocycles. The van der Waals surface area contributed by atoms with Crippen molar-refractivity contribution in [2.24, 2.45) is 0 Å². The Labute approximate surface area is 127 Å². The Kier molecular flexibility index (Phi) is 3.70. The van der Waals surface area contributed by atoms with Crippen LogP contribution in [-0.2, 0) is 0 Å². The van der Waals surface area contributed by atoms with Gasteiger partial charge < -0.3 is 14.2 Å². The lowest BCUT2D eigenvalue weighted by atomic mass is 10.2. The molecule has 0 aromatic carbocycles. The normalized spacial score (nSPS) is 15.2. The molecule has 1 aliphatic heterocycles. The van der Waals surface area contributed by atoms with Gasteiger partial charge in [-0.15, -0.1) is 0 Å². The Morgan fingerprint density at radius 3 is 2.27 bits per heavy atom. The lowest BCUT2D eigenvalue weighted by Gasteiger charge is -2.34. The predicted molar refractivity (Wildman–Crippen MR) is 78.6 cm³/mol. The van der Waals surface area contributed by atoms with E-state index in [1.165, 1.54) is 6.26 Å². The molecular formula is C15H18N4O3. The lowest BCUT2D eigenvalue weighted by Crippen LogP contribution is -2.50. The van der Waals surface area contributed by atoms with Gasteiger partial charge in [0.1, 0.15) is 0 Å². The summed E-state index contributed by atoms with van der Waals surface area (Å²) in [5.74, 6) is 0.106. The van der Waals surface area contributed by atoms with Gasteiger partial charge in [-0.2, -0.15) is 5.10 Å². The van der Waals surface area contributed by atoms with Crippen LogP contribution >= 0.6 is 0 Å². The number of furan rings is 1. The Bertz CT molecular complexity index is 682. The molecule has 116 valence electrons. The van der Waals surface area contributed by atoms with Crippen molar-refractivity contribution in [3.8, 4) is 0 Å². The number of rotatable bonds is 2. The molecule has 1 aliphatic rings. The van der Waals surface area contributed by atoms with E-state index in [1.54, 1.807) is 21.9 Å². The second kappa shape index (κ2) is 5.67. The number of carbonyl (C=O) groups is 2. The molecule has 3 heterocycles. The van der Waals surface area contributed by atoms with E-state index < -0.39 is 0 Å². The van der Waals surface area contributed by atoms with E-state index in [0.717, 1.165) is 11.3 Å². The number of aryl methyl sites for hydroxylation is 1. The Balaban J connectivity index is 1.63. The summed E-state index contributed by atoms with van der Waals surface area (Å²) in [5.41, 5.74) is 2.23. The van der Waals surface area contributed by atoms with Gasteiger partial charge >= 0.3 is 0 Å². The van der Waals surface area contributed by atoms with Gasteiger partial charge in [0.15, 0.2) is 11.5 Å². The number of hydrogen-bond acceptors (Lipinski definition) is 4. The molecule has 3 rings (SSSR count). The van der Waals surface area contributed by atoms with Gasteiger partial charge in [0.25, 0.3) is 11.8 Å². The van der Waals surface area contributed by atoms with Gasteiger partial charge in [-0.25, -0.2) is 0 Å². The van der Waals surface area contributed by atoms with Gasteiger partial charge in [0, 0.05) is 37.4 Å². The number of hydrogen-bond donors (Lipinski definition) is 1. The number of nitrogens with zero attached hydrogens (tertiary/aromatic N) is 3. The van der Waals surface area contributed by atoms with Gasteiger partial charge in [0.05, 0.1) is 6.26 Å². The van der Waals surface area contributed by atoms with E-state index in [0.29, 0.717) is 37.6 Å². The second-order valence-electron chi connectivity index (χ2n) is 5.38. The summed E-state index contributed by atoms with van der Waals surface area (Å²) in [6.07, 6.45) is 1.48. The number of amides is 2. The zero-order chi connectivity index (χ0) is 15.7. The first-order chi connectivity index (χ1) is 10.6. The first-order valence-electron chi connectivity index (χ1n) is 7.21. The third kappa shape index (κ3) is 2.49. The maximum Gasteiger partial charge on any atom is 0.289 e. The van der Waals surface area contributed by atoms with E-state index in [2.05, 4.69) is 10.2 Å². The number of nitrogens with one attached hydrogen (secondary N) is 1. The van der Waals surface area contributed by atoms with E-state index in [9.17, 15) is 9.59 Å². The van der Waals surface area contributed by atoms with E-state index >= 15 is 0 Å². The number of H-pyrrole nitrogens is 1. The highest BCUT2D eigenvalue weighted by atomic mass is 16.3. The molecule has 0 aliphatic carbocycles. The number of aromatic nitrogens is 2. The van der Waals surface area contributed by atoms with Crippen LogP contribution in [0.1, 0.15) is 32.3 Å². The van der Waals surface area contributed by atoms with E-state index in [1.807, 2.05) is 13.8 Å². The molecule has 0 unspecified atom stereocenters. The molecule has 1 N–H and O–H groups in total. The topological polar surface area (TPSA) is 82.4 Å². The quantitative estimate of drug-likeness (QED) is 0.904. The highest BCUT2D eigenvalue weighted by Gasteiger charge is 2.28. The number of carbonyl (C=O) groups excluding carboxylic acids is 2. The van der Waals surface area contributed by atoms with Crippen molar-refractivity contribution < 1.29 is 14.0 Å². The zero-order valence-electron chi connectivity index (χ0n) is 12.6. The van der Waals surface area contributed by atoms with E-state index in [-0.39, 0.29) is 11.8 Å². The standard InChI is InChI=1S/C15H18N4O3/c1-10-11(2)16-17-13(10)15(21)19-7-5-18(6-8-19)14(20)12-4-3-9-22-12/h3-4,9H,5-8H2,1-2H3,(H,16,17). The van der Waals surface area contributed by atoms with Crippen molar-refractivity contribution in [3.63, 3.8) is 0 Å². The minimum Gasteiger partial charge on any atom is -0.459 e. The Morgan fingerprint density at radius 1 is 1.14 bits per heavy atom. The zero-order valence-corrected chi connectivity index (χ0v) is 12.6. The molecule has 0 bridgehead atoms. The van der Waals surface area contributed by atoms with Crippen LogP contribution < -0.4 is 0 Å². The molecule has 1 saturated heterocycles. The van der Waals surface area contributed by atoms with Crippen LogP contribution in [0.3, 0.4) is 0 Å². The molecule has 0 saturated carbocycles. The molecule has 1 fully saturated rings. The van der Waals surface area contributed by atoms with Gasteiger partial charge in [-0.1, -0.05) is 0 Å². The summed E-state index contributed by atoms with van der Waals surface area (Å²) in [4.78, 5) is 28.1. The van der Waals surface area contributed by atoms with E-state index in [4.69, 9.17) is 4.42 Å². The molecule has 0 spiro atoms. The van der Waals surface area contributed by atoms with Crippen LogP contribution in [0.15, 0.2) is 22.8 Å². The highest BCUT2D eigenvalue weighted by Crippen LogP contribution is 2.14. The fourth-order valence-electron chi connectivity index (χ4n) is 2.51. The molecule has 22 heavy (non-hydrogen) atoms. The summed E-state index contributed by atoms with van der Waals surface area (Å²) in [7, 11) is 0. The predicted octanol–water partition coefficient (Wildman–Crippen LogP) is 1.22. The highest BCUT2D eigenvalue weighted by molar-refractivity contribution is 5.94. The van der Waals surface area contributed by atoms with Crippen molar-refractivity contribution in [3.05, 3.63) is 41.1 Å². The SMILES string of the molecule is Cc1[nH]nc(C(=O)N2CCN(C(=O)c3ccco3)CC2)c1C. The molecule has 2 amide bonds. The number of aromatic amines is 1. The van der Waals surface area contributed by atoms with Crippen molar-refractivity contribution >= 4 is 11.8 Å². The molecule has 7 nitrogen and oxygen atoms in total. The summed E-state index contributed by atoms with van der Waals surface area (Å²) < 4.78 is 5.12. The first kappa shape index (κ1) is 14.4. The van der Waals surface area contributed by atoms with Crippen molar-refractivity contribution in [1.29, 1.82) is 0 Å². The smallest absolute Gasteiger partial charge is 0.289 e. The summed E-state index contributed by atoms with van der Waals surface area (Å²) in [6, 6.07) is 3.34. The van der Waals surface area contributed by atoms with Crippen LogP contribution in [0.25, 0.3) is 0 Å². The summed E-state index contributed by atoms with van der Waals surface area (Å²) in [5, 5.41) is 6.90. The molecule has 7 heteroatoms. The monoisotopic (exact) mass is 302 g/mol. The Hall–Kier alpha value is -2.57. The first-order valence-corrected chi connectivity index (χ1v) is 7.21. The van der Waals surface area contributed by atoms with Crippen LogP contribution in [0.2, 0.25) is 0 Å². The van der Waals surface area contributed by atoms with Crippen LogP contribution in [0.5, 0.6) is 0 Å². The van der Waals surface area contributed by atoms with Gasteiger partial charge in [-0.05, 0) is 26.0 Å². The maximum absolute atomic E-state index is 12.5. The fraction of sp³-hybridized carbons (Fsp3) is 0.400. The maximum atomic E-state index is 12.5. The van der Waals surface area contributed by atoms with Crippen LogP contribution in [0, 0.1) is 13.8 Å². The van der Waals surface area contributed by atoms with Gasteiger partial charge in [-0.3, -0.25) is 14.7 Å². The minimum absolute atomic E-state index is 0.0908. The third-order valence-corrected chi connectivity index (χ3v) is 4.04.